The minimum absolute atomic E-state index is 0.141. The van der Waals surface area contributed by atoms with E-state index in [9.17, 15) is 0 Å². The van der Waals surface area contributed by atoms with E-state index in [1.54, 1.807) is 0 Å². The Balaban J connectivity index is 2.24. The van der Waals surface area contributed by atoms with Crippen molar-refractivity contribution < 1.29 is 0 Å². The molecule has 1 nitrogen and oxygen atoms in total. The molecule has 3 rings (SSSR count). The highest BCUT2D eigenvalue weighted by atomic mass is 32.1. The first-order valence-electron chi connectivity index (χ1n) is 4.61. The largest absolute Gasteiger partial charge is 0.251 e. The summed E-state index contributed by atoms with van der Waals surface area (Å²) in [5.41, 5.74) is 4.60. The molecule has 0 bridgehead atoms. The molecule has 0 radical (unpaired) electrons. The highest BCUT2D eigenvalue weighted by Gasteiger charge is 2.24. The monoisotopic (exact) mass is 199 g/mol. The molecule has 0 spiro atoms. The molecule has 14 heavy (non-hydrogen) atoms. The van der Waals surface area contributed by atoms with Gasteiger partial charge in [0.1, 0.15) is 0 Å². The SMILES string of the molecule is SC1C=CC=C2C1=Nc1ccccc12. The summed E-state index contributed by atoms with van der Waals surface area (Å²) in [7, 11) is 0. The third-order valence-corrected chi connectivity index (χ3v) is 2.96. The van der Waals surface area contributed by atoms with Gasteiger partial charge >= 0.3 is 0 Å². The molecule has 0 N–H and O–H groups in total. The lowest BCUT2D eigenvalue weighted by atomic mass is 9.97. The summed E-state index contributed by atoms with van der Waals surface area (Å²) >= 11 is 4.48. The summed E-state index contributed by atoms with van der Waals surface area (Å²) in [5, 5.41) is 0.141. The van der Waals surface area contributed by atoms with E-state index in [4.69, 9.17) is 0 Å². The normalized spacial score (nSPS) is 22.5. The lowest BCUT2D eigenvalue weighted by molar-refractivity contribution is 1.47. The molecule has 1 aliphatic heterocycles. The van der Waals surface area contributed by atoms with Gasteiger partial charge in [-0.3, -0.25) is 4.99 Å². The second kappa shape index (κ2) is 2.85. The molecule has 1 atom stereocenters. The summed E-state index contributed by atoms with van der Waals surface area (Å²) < 4.78 is 0. The first-order chi connectivity index (χ1) is 6.86. The van der Waals surface area contributed by atoms with Crippen molar-refractivity contribution in [1.82, 2.24) is 0 Å². The quantitative estimate of drug-likeness (QED) is 0.617. The van der Waals surface area contributed by atoms with Gasteiger partial charge in [0.05, 0.1) is 16.6 Å². The maximum atomic E-state index is 4.58. The Labute approximate surface area is 88.3 Å². The molecule has 0 saturated heterocycles. The molecule has 0 saturated carbocycles. The van der Waals surface area contributed by atoms with Gasteiger partial charge in [0.2, 0.25) is 0 Å². The third-order valence-electron chi connectivity index (χ3n) is 2.55. The van der Waals surface area contributed by atoms with Crippen LogP contribution in [-0.4, -0.2) is 11.0 Å². The van der Waals surface area contributed by atoms with Crippen LogP contribution in [0.1, 0.15) is 5.56 Å². The molecule has 0 fully saturated rings. The number of benzene rings is 1. The zero-order valence-corrected chi connectivity index (χ0v) is 8.41. The second-order valence-electron chi connectivity index (χ2n) is 3.42. The summed E-state index contributed by atoms with van der Waals surface area (Å²) in [6.07, 6.45) is 6.21. The van der Waals surface area contributed by atoms with E-state index in [1.807, 2.05) is 24.3 Å². The van der Waals surface area contributed by atoms with Crippen LogP contribution in [0.4, 0.5) is 5.69 Å². The Hall–Kier alpha value is -1.28. The molecule has 1 aromatic carbocycles. The highest BCUT2D eigenvalue weighted by Crippen LogP contribution is 2.37. The minimum Gasteiger partial charge on any atom is -0.251 e. The highest BCUT2D eigenvalue weighted by molar-refractivity contribution is 7.82. The molecule has 0 amide bonds. The van der Waals surface area contributed by atoms with Crippen molar-refractivity contribution >= 4 is 29.6 Å². The van der Waals surface area contributed by atoms with E-state index in [1.165, 1.54) is 11.1 Å². The van der Waals surface area contributed by atoms with Gasteiger partial charge in [0.25, 0.3) is 0 Å². The lowest BCUT2D eigenvalue weighted by Gasteiger charge is -2.11. The number of allylic oxidation sites excluding steroid dienone is 3. The maximum absolute atomic E-state index is 4.58. The number of fused-ring (bicyclic) bond motifs is 3. The molecule has 2 aliphatic rings. The average molecular weight is 199 g/mol. The predicted octanol–water partition coefficient (Wildman–Crippen LogP) is 3.02. The fourth-order valence-corrected chi connectivity index (χ4v) is 2.17. The molecule has 1 unspecified atom stereocenters. The smallest absolute Gasteiger partial charge is 0.0712 e. The fraction of sp³-hybridized carbons (Fsp3) is 0.0833. The van der Waals surface area contributed by atoms with Gasteiger partial charge in [0, 0.05) is 11.1 Å². The average Bonchev–Trinajstić information content (AvgIpc) is 2.59. The van der Waals surface area contributed by atoms with Crippen LogP contribution in [0.5, 0.6) is 0 Å². The van der Waals surface area contributed by atoms with Crippen LogP contribution >= 0.6 is 12.6 Å². The van der Waals surface area contributed by atoms with Gasteiger partial charge in [-0.25, -0.2) is 0 Å². The Morgan fingerprint density at radius 1 is 1.21 bits per heavy atom. The zero-order valence-electron chi connectivity index (χ0n) is 7.51. The van der Waals surface area contributed by atoms with Gasteiger partial charge < -0.3 is 0 Å². The lowest BCUT2D eigenvalue weighted by Crippen LogP contribution is -2.13. The van der Waals surface area contributed by atoms with Crippen LogP contribution in [-0.2, 0) is 0 Å². The Bertz CT molecular complexity index is 483. The molecule has 68 valence electrons. The van der Waals surface area contributed by atoms with Gasteiger partial charge in [0.15, 0.2) is 0 Å². The Morgan fingerprint density at radius 2 is 2.07 bits per heavy atom. The predicted molar refractivity (Wildman–Crippen MR) is 63.4 cm³/mol. The summed E-state index contributed by atoms with van der Waals surface area (Å²) in [5.74, 6) is 0. The fourth-order valence-electron chi connectivity index (χ4n) is 1.88. The number of para-hydroxylation sites is 1. The molecule has 0 aromatic heterocycles. The molecular weight excluding hydrogens is 190 g/mol. The van der Waals surface area contributed by atoms with E-state index in [-0.39, 0.29) is 5.25 Å². The molecule has 2 heteroatoms. The standard InChI is InChI=1S/C12H9NS/c14-11-7-3-5-9-8-4-1-2-6-10(8)13-12(9)11/h1-7,11,14H. The number of hydrogen-bond acceptors (Lipinski definition) is 2. The maximum Gasteiger partial charge on any atom is 0.0712 e. The summed E-state index contributed by atoms with van der Waals surface area (Å²) in [4.78, 5) is 4.58. The first-order valence-corrected chi connectivity index (χ1v) is 5.13. The minimum atomic E-state index is 0.141. The van der Waals surface area contributed by atoms with Crippen molar-refractivity contribution in [2.45, 2.75) is 5.25 Å². The van der Waals surface area contributed by atoms with Crippen LogP contribution in [0.25, 0.3) is 5.57 Å². The third kappa shape index (κ3) is 1.01. The van der Waals surface area contributed by atoms with Crippen molar-refractivity contribution in [3.05, 3.63) is 48.1 Å². The Kier molecular flexibility index (Phi) is 1.64. The zero-order chi connectivity index (χ0) is 9.54. The van der Waals surface area contributed by atoms with Gasteiger partial charge in [-0.2, -0.15) is 12.6 Å². The van der Waals surface area contributed by atoms with Crippen LogP contribution in [0.15, 0.2) is 47.5 Å². The van der Waals surface area contributed by atoms with Crippen LogP contribution in [0, 0.1) is 0 Å². The molecular formula is C12H9NS. The van der Waals surface area contributed by atoms with Gasteiger partial charge in [-0.15, -0.1) is 0 Å². The van der Waals surface area contributed by atoms with Crippen molar-refractivity contribution in [3.63, 3.8) is 0 Å². The van der Waals surface area contributed by atoms with E-state index in [0.717, 1.165) is 11.4 Å². The van der Waals surface area contributed by atoms with E-state index >= 15 is 0 Å². The first kappa shape index (κ1) is 8.06. The number of nitrogens with zero attached hydrogens (tertiary/aromatic N) is 1. The number of rotatable bonds is 0. The van der Waals surface area contributed by atoms with E-state index in [0.29, 0.717) is 0 Å². The van der Waals surface area contributed by atoms with Crippen molar-refractivity contribution in [2.24, 2.45) is 4.99 Å². The number of aliphatic imine (C=N–C) groups is 1. The van der Waals surface area contributed by atoms with Crippen molar-refractivity contribution in [3.8, 4) is 0 Å². The number of hydrogen-bond donors (Lipinski definition) is 1. The van der Waals surface area contributed by atoms with Crippen LogP contribution in [0.2, 0.25) is 0 Å². The topological polar surface area (TPSA) is 12.4 Å². The van der Waals surface area contributed by atoms with Gasteiger partial charge in [-0.05, 0) is 6.07 Å². The second-order valence-corrected chi connectivity index (χ2v) is 3.98. The van der Waals surface area contributed by atoms with E-state index in [2.05, 4.69) is 35.8 Å². The molecule has 1 aliphatic carbocycles. The van der Waals surface area contributed by atoms with Crippen LogP contribution < -0.4 is 0 Å². The Morgan fingerprint density at radius 3 is 3.00 bits per heavy atom. The molecule has 1 aromatic rings. The number of thiol groups is 1. The molecule has 1 heterocycles. The summed E-state index contributed by atoms with van der Waals surface area (Å²) in [6, 6.07) is 8.21. The van der Waals surface area contributed by atoms with E-state index < -0.39 is 0 Å². The van der Waals surface area contributed by atoms with Crippen LogP contribution in [0.3, 0.4) is 0 Å². The van der Waals surface area contributed by atoms with Crippen molar-refractivity contribution in [2.75, 3.05) is 0 Å². The summed E-state index contributed by atoms with van der Waals surface area (Å²) in [6.45, 7) is 0. The van der Waals surface area contributed by atoms with Crippen molar-refractivity contribution in [1.29, 1.82) is 0 Å². The van der Waals surface area contributed by atoms with Gasteiger partial charge in [-0.1, -0.05) is 36.4 Å².